The summed E-state index contributed by atoms with van der Waals surface area (Å²) in [5.41, 5.74) is 0.983. The molecule has 1 aliphatic rings. The van der Waals surface area contributed by atoms with Gasteiger partial charge in [0.05, 0.1) is 24.2 Å². The number of nitrogens with one attached hydrogen (secondary N) is 1. The predicted molar refractivity (Wildman–Crippen MR) is 130 cm³/mol. The molecule has 9 heteroatoms. The van der Waals surface area contributed by atoms with Crippen LogP contribution < -0.4 is 15.6 Å². The number of pyridine rings is 1. The van der Waals surface area contributed by atoms with E-state index < -0.39 is 5.91 Å². The summed E-state index contributed by atoms with van der Waals surface area (Å²) in [6, 6.07) is 7.23. The number of hydrogen-bond donors (Lipinski definition) is 1. The Bertz CT molecular complexity index is 1290. The third-order valence-electron chi connectivity index (χ3n) is 6.94. The summed E-state index contributed by atoms with van der Waals surface area (Å²) in [7, 11) is 5.00. The first-order valence-corrected chi connectivity index (χ1v) is 11.5. The molecule has 3 aromatic rings. The largest absolute Gasteiger partial charge is 0.496 e. The van der Waals surface area contributed by atoms with E-state index >= 15 is 0 Å². The number of benzene rings is 1. The molecule has 1 aromatic carbocycles. The van der Waals surface area contributed by atoms with Crippen LogP contribution in [0.5, 0.6) is 5.75 Å². The summed E-state index contributed by atoms with van der Waals surface area (Å²) in [5.74, 6) is 0.402. The number of ether oxygens (including phenoxy) is 1. The molecule has 0 unspecified atom stereocenters. The molecular weight excluding hydrogens is 434 g/mol. The average Bonchev–Trinajstić information content (AvgIpc) is 3.23. The van der Waals surface area contributed by atoms with Crippen LogP contribution in [0.4, 0.5) is 5.69 Å². The highest BCUT2D eigenvalue weighted by molar-refractivity contribution is 6.08. The summed E-state index contributed by atoms with van der Waals surface area (Å²) in [6.07, 6.45) is 6.35. The fourth-order valence-corrected chi connectivity index (χ4v) is 4.82. The molecule has 0 radical (unpaired) electrons. The number of aromatic nitrogens is 3. The van der Waals surface area contributed by atoms with Crippen LogP contribution in [0, 0.1) is 5.92 Å². The minimum atomic E-state index is -0.420. The number of carbonyl (C=O) groups excluding carboxylic acids is 2. The Hall–Kier alpha value is -3.62. The number of nitrogens with zero attached hydrogens (tertiary/aromatic N) is 4. The molecule has 1 fully saturated rings. The highest BCUT2D eigenvalue weighted by atomic mass is 16.5. The second-order valence-electron chi connectivity index (χ2n) is 9.15. The maximum Gasteiger partial charge on any atom is 0.274 e. The van der Waals surface area contributed by atoms with Gasteiger partial charge in [-0.1, -0.05) is 6.92 Å². The standard InChI is InChI=1S/C25H31N5O4/c1-15-11-18(29(4)16(2)31)8-9-22(15)30-14-17-12-19(23(34-5)13-21(17)27-30)24(32)26-20-7-6-10-28(3)25(20)33/h6-7,10,12-15,18,22H,8-9,11H2,1-5H3,(H,26,32)/t15-,18+,22+/m0/s1. The van der Waals surface area contributed by atoms with Crippen LogP contribution in [0.2, 0.25) is 0 Å². The maximum atomic E-state index is 13.0. The van der Waals surface area contributed by atoms with Gasteiger partial charge < -0.3 is 19.5 Å². The summed E-state index contributed by atoms with van der Waals surface area (Å²) in [6.45, 7) is 3.80. The lowest BCUT2D eigenvalue weighted by atomic mass is 9.82. The third kappa shape index (κ3) is 4.42. The van der Waals surface area contributed by atoms with E-state index in [-0.39, 0.29) is 29.2 Å². The van der Waals surface area contributed by atoms with Gasteiger partial charge in [-0.25, -0.2) is 0 Å². The third-order valence-corrected chi connectivity index (χ3v) is 6.94. The molecule has 0 aliphatic heterocycles. The lowest BCUT2D eigenvalue weighted by Crippen LogP contribution is -2.41. The molecule has 34 heavy (non-hydrogen) atoms. The van der Waals surface area contributed by atoms with Gasteiger partial charge >= 0.3 is 0 Å². The zero-order valence-corrected chi connectivity index (χ0v) is 20.2. The van der Waals surface area contributed by atoms with E-state index in [1.807, 2.05) is 22.8 Å². The quantitative estimate of drug-likeness (QED) is 0.624. The van der Waals surface area contributed by atoms with Crippen LogP contribution in [-0.2, 0) is 11.8 Å². The molecule has 3 atom stereocenters. The van der Waals surface area contributed by atoms with Crippen LogP contribution in [-0.4, -0.2) is 51.3 Å². The first kappa shape index (κ1) is 23.5. The van der Waals surface area contributed by atoms with Crippen molar-refractivity contribution in [3.8, 4) is 5.75 Å². The van der Waals surface area contributed by atoms with Crippen molar-refractivity contribution in [2.45, 2.75) is 45.2 Å². The molecule has 0 saturated heterocycles. The van der Waals surface area contributed by atoms with Crippen LogP contribution >= 0.6 is 0 Å². The van der Waals surface area contributed by atoms with Gasteiger partial charge in [0.15, 0.2) is 0 Å². The fourth-order valence-electron chi connectivity index (χ4n) is 4.82. The number of hydrogen-bond acceptors (Lipinski definition) is 5. The highest BCUT2D eigenvalue weighted by Gasteiger charge is 2.32. The summed E-state index contributed by atoms with van der Waals surface area (Å²) < 4.78 is 8.86. The number of methoxy groups -OCH3 is 1. The minimum absolute atomic E-state index is 0.0896. The molecular formula is C25H31N5O4. The molecule has 2 heterocycles. The summed E-state index contributed by atoms with van der Waals surface area (Å²) in [4.78, 5) is 38.9. The van der Waals surface area contributed by atoms with E-state index in [2.05, 4.69) is 12.2 Å². The van der Waals surface area contributed by atoms with Gasteiger partial charge in [0.2, 0.25) is 5.91 Å². The van der Waals surface area contributed by atoms with Crippen molar-refractivity contribution < 1.29 is 14.3 Å². The first-order chi connectivity index (χ1) is 16.2. The first-order valence-electron chi connectivity index (χ1n) is 11.5. The smallest absolute Gasteiger partial charge is 0.274 e. The van der Waals surface area contributed by atoms with Crippen LogP contribution in [0.15, 0.2) is 41.5 Å². The maximum absolute atomic E-state index is 13.0. The summed E-state index contributed by atoms with van der Waals surface area (Å²) in [5, 5.41) is 8.30. The van der Waals surface area contributed by atoms with Gasteiger partial charge in [-0.15, -0.1) is 0 Å². The average molecular weight is 466 g/mol. The Labute approximate surface area is 198 Å². The van der Waals surface area contributed by atoms with Gasteiger partial charge in [0, 0.05) is 50.9 Å². The fraction of sp³-hybridized carbons (Fsp3) is 0.440. The zero-order chi connectivity index (χ0) is 24.6. The van der Waals surface area contributed by atoms with Crippen LogP contribution in [0.3, 0.4) is 0 Å². The number of amides is 2. The number of carbonyl (C=O) groups is 2. The monoisotopic (exact) mass is 465 g/mol. The van der Waals surface area contributed by atoms with Gasteiger partial charge in [-0.3, -0.25) is 19.1 Å². The van der Waals surface area contributed by atoms with E-state index in [4.69, 9.17) is 9.84 Å². The van der Waals surface area contributed by atoms with Crippen molar-refractivity contribution in [2.24, 2.45) is 13.0 Å². The van der Waals surface area contributed by atoms with Gasteiger partial charge in [-0.05, 0) is 43.4 Å². The topological polar surface area (TPSA) is 98.5 Å². The van der Waals surface area contributed by atoms with E-state index in [1.165, 1.54) is 11.7 Å². The molecule has 2 amide bonds. The molecule has 1 aliphatic carbocycles. The highest BCUT2D eigenvalue weighted by Crippen LogP contribution is 2.36. The number of aryl methyl sites for hydroxylation is 1. The zero-order valence-electron chi connectivity index (χ0n) is 20.2. The van der Waals surface area contributed by atoms with Gasteiger partial charge in [0.25, 0.3) is 11.5 Å². The number of rotatable bonds is 5. The van der Waals surface area contributed by atoms with Crippen molar-refractivity contribution in [1.82, 2.24) is 19.2 Å². The Morgan fingerprint density at radius 1 is 1.26 bits per heavy atom. The van der Waals surface area contributed by atoms with Crippen LogP contribution in [0.25, 0.3) is 10.9 Å². The van der Waals surface area contributed by atoms with E-state index in [0.717, 1.165) is 30.2 Å². The van der Waals surface area contributed by atoms with Crippen molar-refractivity contribution >= 4 is 28.4 Å². The summed E-state index contributed by atoms with van der Waals surface area (Å²) >= 11 is 0. The minimum Gasteiger partial charge on any atom is -0.496 e. The normalized spacial score (nSPS) is 20.2. The lowest BCUT2D eigenvalue weighted by Gasteiger charge is -2.38. The predicted octanol–water partition coefficient (Wildman–Crippen LogP) is 3.20. The van der Waals surface area contributed by atoms with Crippen molar-refractivity contribution in [3.63, 3.8) is 0 Å². The molecule has 2 aromatic heterocycles. The van der Waals surface area contributed by atoms with E-state index in [0.29, 0.717) is 17.2 Å². The van der Waals surface area contributed by atoms with Gasteiger partial charge in [-0.2, -0.15) is 5.10 Å². The molecule has 0 bridgehead atoms. The Morgan fingerprint density at radius 2 is 2.03 bits per heavy atom. The Morgan fingerprint density at radius 3 is 2.71 bits per heavy atom. The molecule has 9 nitrogen and oxygen atoms in total. The molecule has 0 spiro atoms. The molecule has 180 valence electrons. The number of fused-ring (bicyclic) bond motifs is 1. The lowest BCUT2D eigenvalue weighted by molar-refractivity contribution is -0.130. The molecule has 4 rings (SSSR count). The van der Waals surface area contributed by atoms with E-state index in [9.17, 15) is 14.4 Å². The van der Waals surface area contributed by atoms with Crippen LogP contribution in [0.1, 0.15) is 49.5 Å². The SMILES string of the molecule is COc1cc2nn([C@@H]3CC[C@@H](N(C)C(C)=O)C[C@@H]3C)cc2cc1C(=O)Nc1cccn(C)c1=O. The second-order valence-corrected chi connectivity index (χ2v) is 9.15. The Kier molecular flexibility index (Phi) is 6.45. The molecule has 1 N–H and O–H groups in total. The Balaban J connectivity index is 1.60. The molecule has 1 saturated carbocycles. The van der Waals surface area contributed by atoms with E-state index in [1.54, 1.807) is 44.4 Å². The number of anilines is 1. The van der Waals surface area contributed by atoms with Crippen molar-refractivity contribution in [3.05, 3.63) is 52.6 Å². The second kappa shape index (κ2) is 9.32. The van der Waals surface area contributed by atoms with Crippen molar-refractivity contribution in [1.29, 1.82) is 0 Å². The van der Waals surface area contributed by atoms with Gasteiger partial charge in [0.1, 0.15) is 11.4 Å². The van der Waals surface area contributed by atoms with Crippen molar-refractivity contribution in [2.75, 3.05) is 19.5 Å².